The molecular formula is C16H26N2O2. The molecule has 2 rings (SSSR count). The number of rotatable bonds is 7. The maximum atomic E-state index is 5.77. The summed E-state index contributed by atoms with van der Waals surface area (Å²) in [6.45, 7) is 6.74. The second-order valence-electron chi connectivity index (χ2n) is 5.24. The van der Waals surface area contributed by atoms with Crippen molar-refractivity contribution in [1.29, 1.82) is 0 Å². The van der Waals surface area contributed by atoms with Crippen molar-refractivity contribution in [3.63, 3.8) is 0 Å². The molecule has 0 spiro atoms. The molecule has 0 saturated carbocycles. The topological polar surface area (TPSA) is 43.4 Å². The molecule has 1 aromatic heterocycles. The van der Waals surface area contributed by atoms with E-state index in [-0.39, 0.29) is 6.10 Å². The van der Waals surface area contributed by atoms with Crippen LogP contribution in [0.4, 0.5) is 0 Å². The van der Waals surface area contributed by atoms with Gasteiger partial charge in [-0.3, -0.25) is 4.98 Å². The molecule has 1 fully saturated rings. The summed E-state index contributed by atoms with van der Waals surface area (Å²) in [4.78, 5) is 4.50. The van der Waals surface area contributed by atoms with E-state index in [2.05, 4.69) is 24.1 Å². The van der Waals surface area contributed by atoms with Crippen LogP contribution in [0.3, 0.4) is 0 Å². The maximum absolute atomic E-state index is 5.77. The van der Waals surface area contributed by atoms with E-state index in [1.807, 2.05) is 18.3 Å². The highest BCUT2D eigenvalue weighted by atomic mass is 16.5. The second-order valence-corrected chi connectivity index (χ2v) is 5.24. The normalized spacial score (nSPS) is 20.6. The lowest BCUT2D eigenvalue weighted by Crippen LogP contribution is -2.25. The van der Waals surface area contributed by atoms with Crippen LogP contribution in [0.2, 0.25) is 0 Å². The number of nitrogens with one attached hydrogen (secondary N) is 1. The third kappa shape index (κ3) is 4.46. The molecule has 2 heterocycles. The van der Waals surface area contributed by atoms with Crippen LogP contribution in [0.5, 0.6) is 5.75 Å². The standard InChI is InChI=1S/C16H26N2O2/c1-3-15(17-4-2)16-9-8-13(11-18-16)20-12-14-7-5-6-10-19-14/h8-9,11,14-15,17H,3-7,10,12H2,1-2H3. The minimum Gasteiger partial charge on any atom is -0.489 e. The van der Waals surface area contributed by atoms with Crippen molar-refractivity contribution in [2.45, 2.75) is 51.7 Å². The molecule has 0 bridgehead atoms. The third-order valence-electron chi connectivity index (χ3n) is 3.68. The van der Waals surface area contributed by atoms with Crippen LogP contribution in [-0.2, 0) is 4.74 Å². The van der Waals surface area contributed by atoms with Gasteiger partial charge in [0.15, 0.2) is 0 Å². The second kappa shape index (κ2) is 8.22. The zero-order valence-electron chi connectivity index (χ0n) is 12.6. The van der Waals surface area contributed by atoms with Gasteiger partial charge in [-0.15, -0.1) is 0 Å². The summed E-state index contributed by atoms with van der Waals surface area (Å²) in [6.07, 6.45) is 6.62. The predicted octanol–water partition coefficient (Wildman–Crippen LogP) is 3.09. The van der Waals surface area contributed by atoms with Gasteiger partial charge >= 0.3 is 0 Å². The van der Waals surface area contributed by atoms with Crippen LogP contribution in [-0.4, -0.2) is 30.8 Å². The highest BCUT2D eigenvalue weighted by Gasteiger charge is 2.14. The number of ether oxygens (including phenoxy) is 2. The molecule has 4 heteroatoms. The fourth-order valence-corrected chi connectivity index (χ4v) is 2.52. The summed E-state index contributed by atoms with van der Waals surface area (Å²) < 4.78 is 11.4. The molecule has 0 radical (unpaired) electrons. The van der Waals surface area contributed by atoms with E-state index >= 15 is 0 Å². The summed E-state index contributed by atoms with van der Waals surface area (Å²) in [5, 5.41) is 3.43. The largest absolute Gasteiger partial charge is 0.489 e. The van der Waals surface area contributed by atoms with Gasteiger partial charge in [0, 0.05) is 12.6 Å². The van der Waals surface area contributed by atoms with Gasteiger partial charge in [0.1, 0.15) is 12.4 Å². The van der Waals surface area contributed by atoms with Crippen molar-refractivity contribution in [1.82, 2.24) is 10.3 Å². The Morgan fingerprint density at radius 3 is 2.90 bits per heavy atom. The Bertz CT molecular complexity index is 375. The molecule has 1 aromatic rings. The van der Waals surface area contributed by atoms with Crippen LogP contribution in [0.1, 0.15) is 51.3 Å². The average Bonchev–Trinajstić information content (AvgIpc) is 2.52. The molecule has 0 aromatic carbocycles. The molecule has 1 saturated heterocycles. The number of nitrogens with zero attached hydrogens (tertiary/aromatic N) is 1. The molecule has 0 aliphatic carbocycles. The Morgan fingerprint density at radius 2 is 2.30 bits per heavy atom. The van der Waals surface area contributed by atoms with Crippen molar-refractivity contribution >= 4 is 0 Å². The SMILES string of the molecule is CCNC(CC)c1ccc(OCC2CCCCO2)cn1. The lowest BCUT2D eigenvalue weighted by molar-refractivity contribution is -0.0111. The fourth-order valence-electron chi connectivity index (χ4n) is 2.52. The molecule has 1 aliphatic rings. The lowest BCUT2D eigenvalue weighted by Gasteiger charge is -2.22. The van der Waals surface area contributed by atoms with Crippen molar-refractivity contribution in [2.75, 3.05) is 19.8 Å². The van der Waals surface area contributed by atoms with E-state index in [4.69, 9.17) is 9.47 Å². The monoisotopic (exact) mass is 278 g/mol. The van der Waals surface area contributed by atoms with Gasteiger partial charge in [-0.25, -0.2) is 0 Å². The van der Waals surface area contributed by atoms with Gasteiger partial charge in [-0.1, -0.05) is 13.8 Å². The van der Waals surface area contributed by atoms with Crippen molar-refractivity contribution in [3.05, 3.63) is 24.0 Å². The van der Waals surface area contributed by atoms with Gasteiger partial charge in [-0.05, 0) is 44.4 Å². The molecule has 1 aliphatic heterocycles. The Kier molecular flexibility index (Phi) is 6.27. The maximum Gasteiger partial charge on any atom is 0.137 e. The number of hydrogen-bond donors (Lipinski definition) is 1. The highest BCUT2D eigenvalue weighted by molar-refractivity contribution is 5.21. The Morgan fingerprint density at radius 1 is 1.40 bits per heavy atom. The van der Waals surface area contributed by atoms with Gasteiger partial charge in [0.25, 0.3) is 0 Å². The first-order valence-corrected chi connectivity index (χ1v) is 7.77. The molecule has 1 N–H and O–H groups in total. The van der Waals surface area contributed by atoms with Gasteiger partial charge in [0.2, 0.25) is 0 Å². The lowest BCUT2D eigenvalue weighted by atomic mass is 10.1. The number of aromatic nitrogens is 1. The smallest absolute Gasteiger partial charge is 0.137 e. The molecule has 112 valence electrons. The fraction of sp³-hybridized carbons (Fsp3) is 0.688. The first kappa shape index (κ1) is 15.3. The highest BCUT2D eigenvalue weighted by Crippen LogP contribution is 2.19. The summed E-state index contributed by atoms with van der Waals surface area (Å²) in [5.41, 5.74) is 1.08. The minimum atomic E-state index is 0.244. The van der Waals surface area contributed by atoms with E-state index in [9.17, 15) is 0 Å². The quantitative estimate of drug-likeness (QED) is 0.832. The van der Waals surface area contributed by atoms with Crippen LogP contribution in [0, 0.1) is 0 Å². The van der Waals surface area contributed by atoms with Crippen molar-refractivity contribution in [3.8, 4) is 5.75 Å². The molecule has 4 nitrogen and oxygen atoms in total. The molecule has 0 amide bonds. The van der Waals surface area contributed by atoms with E-state index in [0.29, 0.717) is 12.6 Å². The van der Waals surface area contributed by atoms with Crippen LogP contribution in [0.15, 0.2) is 18.3 Å². The van der Waals surface area contributed by atoms with Crippen molar-refractivity contribution < 1.29 is 9.47 Å². The Labute approximate surface area is 121 Å². The average molecular weight is 278 g/mol. The third-order valence-corrected chi connectivity index (χ3v) is 3.68. The molecule has 2 atom stereocenters. The van der Waals surface area contributed by atoms with Gasteiger partial charge in [0.05, 0.1) is 18.0 Å². The van der Waals surface area contributed by atoms with Crippen LogP contribution >= 0.6 is 0 Å². The predicted molar refractivity (Wildman–Crippen MR) is 80.0 cm³/mol. The first-order valence-electron chi connectivity index (χ1n) is 7.77. The first-order chi connectivity index (χ1) is 9.83. The number of pyridine rings is 1. The van der Waals surface area contributed by atoms with Crippen LogP contribution in [0.25, 0.3) is 0 Å². The molecule has 2 unspecified atom stereocenters. The van der Waals surface area contributed by atoms with Gasteiger partial charge in [-0.2, -0.15) is 0 Å². The van der Waals surface area contributed by atoms with Crippen molar-refractivity contribution in [2.24, 2.45) is 0 Å². The van der Waals surface area contributed by atoms with E-state index in [1.165, 1.54) is 12.8 Å². The minimum absolute atomic E-state index is 0.244. The molecular weight excluding hydrogens is 252 g/mol. The summed E-state index contributed by atoms with van der Waals surface area (Å²) in [5.74, 6) is 0.828. The summed E-state index contributed by atoms with van der Waals surface area (Å²) >= 11 is 0. The summed E-state index contributed by atoms with van der Waals surface area (Å²) in [7, 11) is 0. The Hall–Kier alpha value is -1.13. The Balaban J connectivity index is 1.84. The van der Waals surface area contributed by atoms with Gasteiger partial charge < -0.3 is 14.8 Å². The number of hydrogen-bond acceptors (Lipinski definition) is 4. The van der Waals surface area contributed by atoms with E-state index in [1.54, 1.807) is 0 Å². The zero-order valence-corrected chi connectivity index (χ0v) is 12.6. The summed E-state index contributed by atoms with van der Waals surface area (Å²) in [6, 6.07) is 4.38. The van der Waals surface area contributed by atoms with E-state index < -0.39 is 0 Å². The van der Waals surface area contributed by atoms with Crippen LogP contribution < -0.4 is 10.1 Å². The molecule has 20 heavy (non-hydrogen) atoms. The zero-order chi connectivity index (χ0) is 14.2. The van der Waals surface area contributed by atoms with E-state index in [0.717, 1.165) is 37.4 Å².